The van der Waals surface area contributed by atoms with E-state index in [-0.39, 0.29) is 5.56 Å². The number of rotatable bonds is 2. The van der Waals surface area contributed by atoms with E-state index in [0.717, 1.165) is 16.9 Å². The highest BCUT2D eigenvalue weighted by Gasteiger charge is 2.05. The Morgan fingerprint density at radius 2 is 1.75 bits per heavy atom. The van der Waals surface area contributed by atoms with Crippen molar-refractivity contribution in [3.63, 3.8) is 0 Å². The average Bonchev–Trinajstić information content (AvgIpc) is 1.97. The van der Waals surface area contributed by atoms with Crippen LogP contribution in [0.1, 0.15) is 18.1 Å². The van der Waals surface area contributed by atoms with Crippen LogP contribution in [0.5, 0.6) is 5.75 Å². The Hall–Kier alpha value is -0.690. The molecule has 1 atom stereocenters. The van der Waals surface area contributed by atoms with Crippen LogP contribution in [-0.2, 0) is 0 Å². The van der Waals surface area contributed by atoms with Gasteiger partial charge in [-0.3, -0.25) is 0 Å². The highest BCUT2D eigenvalue weighted by Crippen LogP contribution is 2.23. The molecule has 0 amide bonds. The summed E-state index contributed by atoms with van der Waals surface area (Å²) in [5.41, 5.74) is 1.98. The number of hydrogen-bond donors (Lipinski definition) is 0. The highest BCUT2D eigenvalue weighted by atomic mass is 35.5. The van der Waals surface area contributed by atoms with Gasteiger partial charge in [-0.2, -0.15) is 0 Å². The minimum absolute atomic E-state index is 0.273. The van der Waals surface area contributed by atoms with E-state index >= 15 is 0 Å². The summed E-state index contributed by atoms with van der Waals surface area (Å²) in [4.78, 5) is 0. The second kappa shape index (κ2) is 3.81. The second-order valence-electron chi connectivity index (χ2n) is 2.88. The molecule has 0 radical (unpaired) electrons. The van der Waals surface area contributed by atoms with Crippen molar-refractivity contribution in [1.82, 2.24) is 0 Å². The fraction of sp³-hybridized carbons (Fsp3) is 0.400. The van der Waals surface area contributed by atoms with Crippen LogP contribution < -0.4 is 4.74 Å². The summed E-state index contributed by atoms with van der Waals surface area (Å²) >= 11 is 5.73. The molecule has 0 saturated heterocycles. The Bertz CT molecular complexity index is 248. The lowest BCUT2D eigenvalue weighted by Gasteiger charge is -2.12. The first-order chi connectivity index (χ1) is 5.61. The number of ether oxygens (including phenoxy) is 1. The molecule has 0 N–H and O–H groups in total. The van der Waals surface area contributed by atoms with Crippen LogP contribution in [0.2, 0.25) is 0 Å². The number of benzene rings is 1. The molecule has 12 heavy (non-hydrogen) atoms. The van der Waals surface area contributed by atoms with Gasteiger partial charge in [-0.05, 0) is 31.9 Å². The summed E-state index contributed by atoms with van der Waals surface area (Å²) in [6, 6.07) is 6.04. The van der Waals surface area contributed by atoms with E-state index in [1.54, 1.807) is 0 Å². The third kappa shape index (κ3) is 2.15. The summed E-state index contributed by atoms with van der Waals surface area (Å²) in [7, 11) is 0. The molecule has 1 rings (SSSR count). The Morgan fingerprint density at radius 3 is 2.17 bits per heavy atom. The van der Waals surface area contributed by atoms with Gasteiger partial charge in [-0.25, -0.2) is 0 Å². The van der Waals surface area contributed by atoms with Gasteiger partial charge in [0.05, 0.1) is 0 Å². The first-order valence-corrected chi connectivity index (χ1v) is 4.42. The number of aryl methyl sites for hydroxylation is 2. The normalized spacial score (nSPS) is 12.7. The van der Waals surface area contributed by atoms with Crippen molar-refractivity contribution in [2.45, 2.75) is 26.3 Å². The second-order valence-corrected chi connectivity index (χ2v) is 3.50. The van der Waals surface area contributed by atoms with E-state index < -0.39 is 0 Å². The molecule has 1 aromatic carbocycles. The van der Waals surface area contributed by atoms with Gasteiger partial charge >= 0.3 is 0 Å². The van der Waals surface area contributed by atoms with Crippen molar-refractivity contribution < 1.29 is 4.74 Å². The van der Waals surface area contributed by atoms with Crippen LogP contribution in [0.15, 0.2) is 18.2 Å². The molecule has 0 aliphatic heterocycles. The molecule has 2 heteroatoms. The smallest absolute Gasteiger partial charge is 0.169 e. The topological polar surface area (TPSA) is 9.23 Å². The lowest BCUT2D eigenvalue weighted by molar-refractivity contribution is 0.297. The molecule has 0 saturated carbocycles. The van der Waals surface area contributed by atoms with E-state index in [0.29, 0.717) is 0 Å². The van der Waals surface area contributed by atoms with E-state index in [4.69, 9.17) is 16.3 Å². The summed E-state index contributed by atoms with van der Waals surface area (Å²) < 4.78 is 5.44. The molecule has 0 aliphatic carbocycles. The van der Waals surface area contributed by atoms with Crippen molar-refractivity contribution in [3.05, 3.63) is 29.3 Å². The fourth-order valence-electron chi connectivity index (χ4n) is 1.15. The molecule has 0 aliphatic rings. The standard InChI is InChI=1S/C10H13ClO/c1-7-5-4-6-8(2)10(7)12-9(3)11/h4-6,9H,1-3H3. The van der Waals surface area contributed by atoms with Gasteiger partial charge in [-0.1, -0.05) is 29.8 Å². The molecule has 0 aromatic heterocycles. The van der Waals surface area contributed by atoms with Crippen molar-refractivity contribution in [2.75, 3.05) is 0 Å². The Labute approximate surface area is 78.3 Å². The monoisotopic (exact) mass is 184 g/mol. The summed E-state index contributed by atoms with van der Waals surface area (Å²) in [6.45, 7) is 5.84. The van der Waals surface area contributed by atoms with E-state index in [2.05, 4.69) is 0 Å². The molecule has 0 fully saturated rings. The number of hydrogen-bond acceptors (Lipinski definition) is 1. The lowest BCUT2D eigenvalue weighted by Crippen LogP contribution is -2.04. The van der Waals surface area contributed by atoms with Crippen LogP contribution >= 0.6 is 11.6 Å². The Balaban J connectivity index is 2.96. The minimum Gasteiger partial charge on any atom is -0.474 e. The summed E-state index contributed by atoms with van der Waals surface area (Å²) in [5.74, 6) is 0.903. The van der Waals surface area contributed by atoms with Gasteiger partial charge in [0, 0.05) is 0 Å². The highest BCUT2D eigenvalue weighted by molar-refractivity contribution is 6.19. The van der Waals surface area contributed by atoms with Crippen LogP contribution in [0.25, 0.3) is 0 Å². The Kier molecular flexibility index (Phi) is 2.99. The van der Waals surface area contributed by atoms with E-state index in [9.17, 15) is 0 Å². The largest absolute Gasteiger partial charge is 0.474 e. The maximum atomic E-state index is 5.73. The lowest BCUT2D eigenvalue weighted by atomic mass is 10.1. The van der Waals surface area contributed by atoms with Crippen LogP contribution in [0, 0.1) is 13.8 Å². The van der Waals surface area contributed by atoms with Gasteiger partial charge in [-0.15, -0.1) is 0 Å². The molecule has 0 bridgehead atoms. The summed E-state index contributed by atoms with van der Waals surface area (Å²) in [6.07, 6.45) is 0. The molecule has 1 nitrogen and oxygen atoms in total. The van der Waals surface area contributed by atoms with Gasteiger partial charge in [0.2, 0.25) is 0 Å². The SMILES string of the molecule is Cc1cccc(C)c1OC(C)Cl. The van der Waals surface area contributed by atoms with Crippen LogP contribution in [0.3, 0.4) is 0 Å². The van der Waals surface area contributed by atoms with Gasteiger partial charge < -0.3 is 4.74 Å². The number of alkyl halides is 1. The van der Waals surface area contributed by atoms with Gasteiger partial charge in [0.25, 0.3) is 0 Å². The molecule has 0 heterocycles. The van der Waals surface area contributed by atoms with Crippen molar-refractivity contribution >= 4 is 11.6 Å². The maximum Gasteiger partial charge on any atom is 0.169 e. The Morgan fingerprint density at radius 1 is 1.25 bits per heavy atom. The number of para-hydroxylation sites is 1. The quantitative estimate of drug-likeness (QED) is 0.642. The average molecular weight is 185 g/mol. The van der Waals surface area contributed by atoms with Crippen LogP contribution in [-0.4, -0.2) is 5.56 Å². The van der Waals surface area contributed by atoms with Crippen molar-refractivity contribution in [2.24, 2.45) is 0 Å². The molecule has 1 unspecified atom stereocenters. The summed E-state index contributed by atoms with van der Waals surface area (Å²) in [5, 5.41) is 0. The molecule has 1 aromatic rings. The third-order valence-corrected chi connectivity index (χ3v) is 1.78. The molecular weight excluding hydrogens is 172 g/mol. The maximum absolute atomic E-state index is 5.73. The van der Waals surface area contributed by atoms with E-state index in [1.807, 2.05) is 39.0 Å². The molecule has 66 valence electrons. The third-order valence-electron chi connectivity index (χ3n) is 1.69. The predicted molar refractivity (Wildman–Crippen MR) is 51.9 cm³/mol. The first kappa shape index (κ1) is 9.40. The zero-order chi connectivity index (χ0) is 9.14. The van der Waals surface area contributed by atoms with Crippen molar-refractivity contribution in [3.8, 4) is 5.75 Å². The number of halogens is 1. The predicted octanol–water partition coefficient (Wildman–Crippen LogP) is 3.27. The van der Waals surface area contributed by atoms with Crippen molar-refractivity contribution in [1.29, 1.82) is 0 Å². The van der Waals surface area contributed by atoms with Gasteiger partial charge in [0.15, 0.2) is 5.56 Å². The zero-order valence-corrected chi connectivity index (χ0v) is 8.35. The molecular formula is C10H13ClO. The molecule has 0 spiro atoms. The minimum atomic E-state index is -0.273. The van der Waals surface area contributed by atoms with Crippen LogP contribution in [0.4, 0.5) is 0 Å². The van der Waals surface area contributed by atoms with Gasteiger partial charge in [0.1, 0.15) is 5.75 Å². The fourth-order valence-corrected chi connectivity index (χ4v) is 1.24. The van der Waals surface area contributed by atoms with E-state index in [1.165, 1.54) is 0 Å². The first-order valence-electron chi connectivity index (χ1n) is 3.98. The zero-order valence-electron chi connectivity index (χ0n) is 7.60.